The van der Waals surface area contributed by atoms with Crippen molar-refractivity contribution in [2.24, 2.45) is 11.8 Å². The van der Waals surface area contributed by atoms with Gasteiger partial charge in [-0.25, -0.2) is 0 Å². The van der Waals surface area contributed by atoms with Crippen molar-refractivity contribution in [3.63, 3.8) is 0 Å². The maximum absolute atomic E-state index is 12.8. The van der Waals surface area contributed by atoms with Gasteiger partial charge in [-0.1, -0.05) is 31.4 Å². The molecule has 0 aromatic carbocycles. The van der Waals surface area contributed by atoms with Crippen LogP contribution in [0.25, 0.3) is 0 Å². The number of nitrogens with one attached hydrogen (secondary N) is 1. The summed E-state index contributed by atoms with van der Waals surface area (Å²) < 4.78 is 0.761. The molecule has 1 saturated heterocycles. The van der Waals surface area contributed by atoms with Crippen molar-refractivity contribution in [2.75, 3.05) is 20.6 Å². The Labute approximate surface area is 134 Å². The van der Waals surface area contributed by atoms with Gasteiger partial charge in [0.2, 0.25) is 0 Å². The fraction of sp³-hybridized carbons (Fsp3) is 0.526. The van der Waals surface area contributed by atoms with Crippen LogP contribution in [0.5, 0.6) is 0 Å². The second-order valence-corrected chi connectivity index (χ2v) is 7.33. The quantitative estimate of drug-likeness (QED) is 0.472. The lowest BCUT2D eigenvalue weighted by atomic mass is 9.81. The molecule has 3 atom stereocenters. The Bertz CT molecular complexity index is 554. The summed E-state index contributed by atoms with van der Waals surface area (Å²) in [5.41, 5.74) is 2.64. The lowest BCUT2D eigenvalue weighted by Crippen LogP contribution is -2.52. The molecule has 3 heteroatoms. The molecule has 0 aromatic rings. The summed E-state index contributed by atoms with van der Waals surface area (Å²) in [6.45, 7) is 12.7. The van der Waals surface area contributed by atoms with E-state index in [0.717, 1.165) is 34.3 Å². The minimum Gasteiger partial charge on any atom is -0.320 e. The van der Waals surface area contributed by atoms with Crippen LogP contribution in [0.3, 0.4) is 0 Å². The number of amides is 1. The number of rotatable bonds is 5. The normalized spacial score (nSPS) is 30.3. The van der Waals surface area contributed by atoms with Gasteiger partial charge in [0.15, 0.2) is 6.04 Å². The molecule has 1 aliphatic carbocycles. The average Bonchev–Trinajstić information content (AvgIpc) is 2.67. The van der Waals surface area contributed by atoms with E-state index in [-0.39, 0.29) is 11.9 Å². The van der Waals surface area contributed by atoms with Crippen LogP contribution in [0, 0.1) is 11.8 Å². The van der Waals surface area contributed by atoms with Crippen molar-refractivity contribution >= 4 is 5.91 Å². The molecule has 0 bridgehead atoms. The van der Waals surface area contributed by atoms with E-state index < -0.39 is 0 Å². The Morgan fingerprint density at radius 1 is 1.36 bits per heavy atom. The molecule has 0 aromatic heterocycles. The molecular weight excluding hydrogens is 272 g/mol. The Morgan fingerprint density at radius 2 is 2.00 bits per heavy atom. The topological polar surface area (TPSA) is 29.1 Å². The fourth-order valence-corrected chi connectivity index (χ4v) is 3.61. The minimum absolute atomic E-state index is 0.00552. The maximum Gasteiger partial charge on any atom is 0.282 e. The second kappa shape index (κ2) is 6.25. The van der Waals surface area contributed by atoms with E-state index in [9.17, 15) is 4.79 Å². The smallest absolute Gasteiger partial charge is 0.282 e. The lowest BCUT2D eigenvalue weighted by molar-refractivity contribution is -0.894. The molecule has 2 rings (SSSR count). The van der Waals surface area contributed by atoms with Crippen molar-refractivity contribution in [3.05, 3.63) is 48.2 Å². The minimum atomic E-state index is 0.00552. The number of hydrogen-bond donors (Lipinski definition) is 1. The number of hydrogen-bond acceptors (Lipinski definition) is 1. The first-order valence-electron chi connectivity index (χ1n) is 8.05. The van der Waals surface area contributed by atoms with Crippen molar-refractivity contribution in [3.8, 4) is 0 Å². The van der Waals surface area contributed by atoms with Crippen LogP contribution in [-0.2, 0) is 4.79 Å². The summed E-state index contributed by atoms with van der Waals surface area (Å²) in [5.74, 6) is 1.39. The highest BCUT2D eigenvalue weighted by molar-refractivity contribution is 5.83. The van der Waals surface area contributed by atoms with Crippen molar-refractivity contribution in [1.29, 1.82) is 0 Å². The van der Waals surface area contributed by atoms with E-state index >= 15 is 0 Å². The van der Waals surface area contributed by atoms with Crippen molar-refractivity contribution in [2.45, 2.75) is 32.7 Å². The summed E-state index contributed by atoms with van der Waals surface area (Å²) >= 11 is 0. The van der Waals surface area contributed by atoms with Crippen LogP contribution in [0.15, 0.2) is 48.2 Å². The van der Waals surface area contributed by atoms with Gasteiger partial charge in [0.1, 0.15) is 0 Å². The first kappa shape index (κ1) is 16.8. The zero-order chi connectivity index (χ0) is 16.5. The molecule has 0 radical (unpaired) electrons. The van der Waals surface area contributed by atoms with Gasteiger partial charge in [-0.15, -0.1) is 0 Å². The molecule has 0 saturated carbocycles. The molecule has 1 amide bonds. The Balaban J connectivity index is 2.13. The number of likely N-dealkylation sites (tertiary alicyclic amines) is 1. The maximum atomic E-state index is 12.8. The number of nitrogens with zero attached hydrogens (tertiary/aromatic N) is 1. The number of likely N-dealkylation sites (N-methyl/N-ethyl adjacent to an activating group) is 1. The van der Waals surface area contributed by atoms with Crippen LogP contribution in [0.1, 0.15) is 26.7 Å². The average molecular weight is 301 g/mol. The Morgan fingerprint density at radius 3 is 2.45 bits per heavy atom. The SMILES string of the molecule is C=C/C(C)=C(/NC(=O)C1CC(C2C=CC2)C[N+]1(C)C)C(=C)C. The number of carbonyl (C=O) groups excluding carboxylic acids is 1. The molecule has 120 valence electrons. The van der Waals surface area contributed by atoms with E-state index in [1.165, 1.54) is 6.42 Å². The third kappa shape index (κ3) is 3.25. The standard InChI is InChI=1S/C19H28N2O/c1-7-14(4)18(13(2)3)20-19(22)17-11-16(12-21(17,5)6)15-9-8-10-15/h7-9,15-17H,1-2,10-12H2,3-6H3/p+1/b18-14+. The monoisotopic (exact) mass is 301 g/mol. The molecule has 0 spiro atoms. The summed E-state index contributed by atoms with van der Waals surface area (Å²) in [6, 6.07) is 0.00552. The van der Waals surface area contributed by atoms with Gasteiger partial charge in [-0.3, -0.25) is 4.79 Å². The van der Waals surface area contributed by atoms with E-state index in [0.29, 0.717) is 11.8 Å². The van der Waals surface area contributed by atoms with Crippen molar-refractivity contribution in [1.82, 2.24) is 5.32 Å². The van der Waals surface area contributed by atoms with Gasteiger partial charge in [-0.05, 0) is 37.3 Å². The highest BCUT2D eigenvalue weighted by atomic mass is 16.2. The van der Waals surface area contributed by atoms with E-state index in [1.807, 2.05) is 13.8 Å². The predicted octanol–water partition coefficient (Wildman–Crippen LogP) is 3.18. The van der Waals surface area contributed by atoms with Gasteiger partial charge in [0.25, 0.3) is 5.91 Å². The van der Waals surface area contributed by atoms with Crippen molar-refractivity contribution < 1.29 is 9.28 Å². The van der Waals surface area contributed by atoms with Gasteiger partial charge in [0.05, 0.1) is 20.6 Å². The second-order valence-electron chi connectivity index (χ2n) is 7.33. The lowest BCUT2D eigenvalue weighted by Gasteiger charge is -2.31. The third-order valence-electron chi connectivity index (χ3n) is 5.15. The third-order valence-corrected chi connectivity index (χ3v) is 5.15. The van der Waals surface area contributed by atoms with Gasteiger partial charge < -0.3 is 9.80 Å². The summed E-state index contributed by atoms with van der Waals surface area (Å²) in [5, 5.41) is 3.10. The zero-order valence-electron chi connectivity index (χ0n) is 14.4. The summed E-state index contributed by atoms with van der Waals surface area (Å²) in [7, 11) is 4.33. The van der Waals surface area contributed by atoms with E-state index in [2.05, 4.69) is 44.7 Å². The molecule has 3 unspecified atom stereocenters. The van der Waals surface area contributed by atoms with Crippen LogP contribution >= 0.6 is 0 Å². The number of quaternary nitrogens is 1. The van der Waals surface area contributed by atoms with Crippen LogP contribution in [0.2, 0.25) is 0 Å². The first-order valence-corrected chi connectivity index (χ1v) is 8.05. The Hall–Kier alpha value is -1.61. The van der Waals surface area contributed by atoms with Crippen LogP contribution in [-0.4, -0.2) is 37.1 Å². The predicted molar refractivity (Wildman–Crippen MR) is 92.0 cm³/mol. The Kier molecular flexibility index (Phi) is 4.76. The fourth-order valence-electron chi connectivity index (χ4n) is 3.61. The molecule has 1 heterocycles. The van der Waals surface area contributed by atoms with Gasteiger partial charge in [-0.2, -0.15) is 0 Å². The first-order chi connectivity index (χ1) is 10.3. The summed E-state index contributed by atoms with van der Waals surface area (Å²) in [6.07, 6.45) is 8.43. The molecule has 22 heavy (non-hydrogen) atoms. The van der Waals surface area contributed by atoms with Gasteiger partial charge in [0, 0.05) is 18.0 Å². The van der Waals surface area contributed by atoms with E-state index in [1.54, 1.807) is 6.08 Å². The molecule has 3 nitrogen and oxygen atoms in total. The number of carbonyl (C=O) groups is 1. The molecule has 1 fully saturated rings. The highest BCUT2D eigenvalue weighted by Crippen LogP contribution is 2.38. The molecule has 1 N–H and O–H groups in total. The molecular formula is C19H29N2O+. The number of allylic oxidation sites excluding steroid dienone is 5. The zero-order valence-corrected chi connectivity index (χ0v) is 14.4. The largest absolute Gasteiger partial charge is 0.320 e. The molecule has 1 aliphatic heterocycles. The molecule has 2 aliphatic rings. The van der Waals surface area contributed by atoms with Crippen LogP contribution in [0.4, 0.5) is 0 Å². The van der Waals surface area contributed by atoms with E-state index in [4.69, 9.17) is 0 Å². The highest BCUT2D eigenvalue weighted by Gasteiger charge is 2.47. The van der Waals surface area contributed by atoms with Gasteiger partial charge >= 0.3 is 0 Å². The van der Waals surface area contributed by atoms with Crippen LogP contribution < -0.4 is 5.32 Å². The summed E-state index contributed by atoms with van der Waals surface area (Å²) in [4.78, 5) is 12.8.